The zero-order chi connectivity index (χ0) is 11.4. The summed E-state index contributed by atoms with van der Waals surface area (Å²) < 4.78 is 0. The Balaban J connectivity index is 2.05. The number of aromatic nitrogens is 1. The van der Waals surface area contributed by atoms with Crippen LogP contribution >= 0.6 is 0 Å². The molecule has 1 aromatic heterocycles. The van der Waals surface area contributed by atoms with E-state index in [-0.39, 0.29) is 0 Å². The van der Waals surface area contributed by atoms with E-state index in [0.717, 1.165) is 12.4 Å². The Bertz CT molecular complexity index is 339. The van der Waals surface area contributed by atoms with E-state index in [9.17, 15) is 0 Å². The maximum atomic E-state index is 4.28. The van der Waals surface area contributed by atoms with Crippen LogP contribution < -0.4 is 10.6 Å². The first-order valence-corrected chi connectivity index (χ1v) is 6.26. The molecule has 0 aliphatic heterocycles. The molecule has 1 fully saturated rings. The summed E-state index contributed by atoms with van der Waals surface area (Å²) in [5.74, 6) is 0.957. The molecule has 0 amide bonds. The third-order valence-electron chi connectivity index (χ3n) is 3.51. The van der Waals surface area contributed by atoms with E-state index in [0.29, 0.717) is 5.54 Å². The highest BCUT2D eigenvalue weighted by Crippen LogP contribution is 2.38. The van der Waals surface area contributed by atoms with Crippen LogP contribution in [-0.2, 0) is 0 Å². The normalized spacial score (nSPS) is 17.6. The Hall–Kier alpha value is -1.25. The molecule has 0 saturated heterocycles. The van der Waals surface area contributed by atoms with Gasteiger partial charge in [-0.1, -0.05) is 6.92 Å². The Morgan fingerprint density at radius 2 is 2.19 bits per heavy atom. The highest BCUT2D eigenvalue weighted by Gasteiger charge is 2.34. The molecular weight excluding hydrogens is 198 g/mol. The van der Waals surface area contributed by atoms with Crippen molar-refractivity contribution in [2.45, 2.75) is 45.1 Å². The Morgan fingerprint density at radius 3 is 2.75 bits per heavy atom. The molecule has 0 radical (unpaired) electrons. The maximum absolute atomic E-state index is 4.28. The lowest BCUT2D eigenvalue weighted by Crippen LogP contribution is -2.44. The van der Waals surface area contributed by atoms with Gasteiger partial charge < -0.3 is 10.6 Å². The number of anilines is 2. The van der Waals surface area contributed by atoms with E-state index >= 15 is 0 Å². The predicted molar refractivity (Wildman–Crippen MR) is 68.9 cm³/mol. The summed E-state index contributed by atoms with van der Waals surface area (Å²) in [6, 6.07) is 4.15. The van der Waals surface area contributed by atoms with Crippen LogP contribution in [0.4, 0.5) is 11.5 Å². The van der Waals surface area contributed by atoms with Crippen LogP contribution in [0, 0.1) is 0 Å². The van der Waals surface area contributed by atoms with Gasteiger partial charge in [0.2, 0.25) is 0 Å². The molecular formula is C13H21N3. The topological polar surface area (TPSA) is 37.0 Å². The minimum atomic E-state index is 0.352. The van der Waals surface area contributed by atoms with E-state index in [4.69, 9.17) is 0 Å². The van der Waals surface area contributed by atoms with Gasteiger partial charge in [0.25, 0.3) is 0 Å². The zero-order valence-electron chi connectivity index (χ0n) is 10.2. The fraction of sp³-hybridized carbons (Fsp3) is 0.615. The van der Waals surface area contributed by atoms with E-state index < -0.39 is 0 Å². The third kappa shape index (κ3) is 2.29. The summed E-state index contributed by atoms with van der Waals surface area (Å²) in [6.07, 6.45) is 7.00. The largest absolute Gasteiger partial charge is 0.379 e. The maximum Gasteiger partial charge on any atom is 0.127 e. The van der Waals surface area contributed by atoms with Gasteiger partial charge in [-0.15, -0.1) is 0 Å². The minimum absolute atomic E-state index is 0.352. The predicted octanol–water partition coefficient (Wildman–Crippen LogP) is 3.26. The standard InChI is InChI=1S/C13H21N3/c1-3-13(7-5-8-13)16-11-6-9-15-12(10-11)14-4-2/h6,9-10H,3-5,7-8H2,1-2H3,(H2,14,15,16). The molecule has 3 heteroatoms. The highest BCUT2D eigenvalue weighted by molar-refractivity contribution is 5.53. The Labute approximate surface area is 97.7 Å². The van der Waals surface area contributed by atoms with Gasteiger partial charge >= 0.3 is 0 Å². The lowest BCUT2D eigenvalue weighted by atomic mass is 9.75. The van der Waals surface area contributed by atoms with Gasteiger partial charge in [0.15, 0.2) is 0 Å². The van der Waals surface area contributed by atoms with Crippen LogP contribution in [0.2, 0.25) is 0 Å². The smallest absolute Gasteiger partial charge is 0.127 e. The molecule has 1 heterocycles. The van der Waals surface area contributed by atoms with Crippen LogP contribution in [-0.4, -0.2) is 17.1 Å². The van der Waals surface area contributed by atoms with Crippen LogP contribution in [0.5, 0.6) is 0 Å². The third-order valence-corrected chi connectivity index (χ3v) is 3.51. The van der Waals surface area contributed by atoms with Crippen LogP contribution in [0.25, 0.3) is 0 Å². The number of rotatable bonds is 5. The summed E-state index contributed by atoms with van der Waals surface area (Å²) in [6.45, 7) is 5.26. The number of hydrogen-bond acceptors (Lipinski definition) is 3. The first kappa shape index (κ1) is 11.2. The summed E-state index contributed by atoms with van der Waals surface area (Å²) >= 11 is 0. The average molecular weight is 219 g/mol. The van der Waals surface area contributed by atoms with Crippen LogP contribution in [0.3, 0.4) is 0 Å². The van der Waals surface area contributed by atoms with Gasteiger partial charge in [-0.25, -0.2) is 4.98 Å². The fourth-order valence-corrected chi connectivity index (χ4v) is 2.26. The number of nitrogens with zero attached hydrogens (tertiary/aromatic N) is 1. The van der Waals surface area contributed by atoms with Crippen molar-refractivity contribution in [1.82, 2.24) is 4.98 Å². The van der Waals surface area contributed by atoms with Crippen molar-refractivity contribution in [2.24, 2.45) is 0 Å². The summed E-state index contributed by atoms with van der Waals surface area (Å²) in [4.78, 5) is 4.28. The summed E-state index contributed by atoms with van der Waals surface area (Å²) in [7, 11) is 0. The molecule has 0 bridgehead atoms. The van der Waals surface area contributed by atoms with Gasteiger partial charge in [-0.05, 0) is 38.7 Å². The van der Waals surface area contributed by atoms with Crippen molar-refractivity contribution < 1.29 is 0 Å². The lowest BCUT2D eigenvalue weighted by Gasteiger charge is -2.43. The van der Waals surface area contributed by atoms with E-state index in [2.05, 4.69) is 41.6 Å². The van der Waals surface area contributed by atoms with Crippen molar-refractivity contribution in [1.29, 1.82) is 0 Å². The van der Waals surface area contributed by atoms with Crippen LogP contribution in [0.1, 0.15) is 39.5 Å². The van der Waals surface area contributed by atoms with Gasteiger partial charge in [0.1, 0.15) is 5.82 Å². The lowest BCUT2D eigenvalue weighted by molar-refractivity contribution is 0.269. The number of hydrogen-bond donors (Lipinski definition) is 2. The molecule has 1 aliphatic rings. The quantitative estimate of drug-likeness (QED) is 0.798. The molecule has 2 rings (SSSR count). The molecule has 2 N–H and O–H groups in total. The van der Waals surface area contributed by atoms with E-state index in [1.54, 1.807) is 0 Å². The van der Waals surface area contributed by atoms with Crippen LogP contribution in [0.15, 0.2) is 18.3 Å². The van der Waals surface area contributed by atoms with Crippen molar-refractivity contribution in [3.8, 4) is 0 Å². The summed E-state index contributed by atoms with van der Waals surface area (Å²) in [5.41, 5.74) is 1.54. The van der Waals surface area contributed by atoms with Crippen molar-refractivity contribution >= 4 is 11.5 Å². The molecule has 1 saturated carbocycles. The molecule has 16 heavy (non-hydrogen) atoms. The minimum Gasteiger partial charge on any atom is -0.379 e. The molecule has 1 aromatic rings. The van der Waals surface area contributed by atoms with Gasteiger partial charge in [0, 0.05) is 30.0 Å². The number of nitrogens with one attached hydrogen (secondary N) is 2. The van der Waals surface area contributed by atoms with Gasteiger partial charge in [0.05, 0.1) is 0 Å². The molecule has 1 aliphatic carbocycles. The van der Waals surface area contributed by atoms with Crippen molar-refractivity contribution in [3.63, 3.8) is 0 Å². The fourth-order valence-electron chi connectivity index (χ4n) is 2.26. The second-order valence-corrected chi connectivity index (χ2v) is 4.57. The first-order chi connectivity index (χ1) is 7.78. The van der Waals surface area contributed by atoms with Crippen molar-refractivity contribution in [3.05, 3.63) is 18.3 Å². The highest BCUT2D eigenvalue weighted by atomic mass is 15.0. The van der Waals surface area contributed by atoms with Gasteiger partial charge in [-0.2, -0.15) is 0 Å². The molecule has 88 valence electrons. The first-order valence-electron chi connectivity index (χ1n) is 6.26. The molecule has 0 atom stereocenters. The Morgan fingerprint density at radius 1 is 1.38 bits per heavy atom. The van der Waals surface area contributed by atoms with E-state index in [1.807, 2.05) is 6.20 Å². The van der Waals surface area contributed by atoms with Crippen molar-refractivity contribution in [2.75, 3.05) is 17.2 Å². The second-order valence-electron chi connectivity index (χ2n) is 4.57. The molecule has 0 aromatic carbocycles. The Kier molecular flexibility index (Phi) is 3.32. The molecule has 3 nitrogen and oxygen atoms in total. The molecule has 0 spiro atoms. The second kappa shape index (κ2) is 4.73. The molecule has 0 unspecified atom stereocenters. The zero-order valence-corrected chi connectivity index (χ0v) is 10.2. The SMILES string of the molecule is CCNc1cc(NC2(CC)CCC2)ccn1. The summed E-state index contributed by atoms with van der Waals surface area (Å²) in [5, 5.41) is 6.90. The average Bonchev–Trinajstić information content (AvgIpc) is 2.25. The van der Waals surface area contributed by atoms with E-state index in [1.165, 1.54) is 31.4 Å². The monoisotopic (exact) mass is 219 g/mol. The van der Waals surface area contributed by atoms with Gasteiger partial charge in [-0.3, -0.25) is 0 Å². The number of pyridine rings is 1.